The molecule has 1 N–H and O–H groups in total. The van der Waals surface area contributed by atoms with Crippen LogP contribution in [0.3, 0.4) is 0 Å². The molecule has 1 aliphatic heterocycles. The summed E-state index contributed by atoms with van der Waals surface area (Å²) in [6.45, 7) is 1.66. The number of carbonyl (C=O) groups is 3. The van der Waals surface area contributed by atoms with E-state index in [0.29, 0.717) is 5.56 Å². The Morgan fingerprint density at radius 3 is 2.18 bits per heavy atom. The number of hydrogen-bond donors (Lipinski definition) is 1. The second kappa shape index (κ2) is 9.91. The Bertz CT molecular complexity index is 1050. The zero-order chi connectivity index (χ0) is 24.3. The number of halogens is 2. The first-order valence-corrected chi connectivity index (χ1v) is 11.8. The zero-order valence-electron chi connectivity index (χ0n) is 19.2. The lowest BCUT2D eigenvalue weighted by Gasteiger charge is -2.35. The van der Waals surface area contributed by atoms with E-state index in [-0.39, 0.29) is 37.3 Å². The van der Waals surface area contributed by atoms with Gasteiger partial charge in [0.1, 0.15) is 23.7 Å². The zero-order valence-corrected chi connectivity index (χ0v) is 19.2. The summed E-state index contributed by atoms with van der Waals surface area (Å²) in [6.07, 6.45) is 5.08. The van der Waals surface area contributed by atoms with Gasteiger partial charge in [-0.05, 0) is 54.7 Å². The fourth-order valence-electron chi connectivity index (χ4n) is 4.97. The van der Waals surface area contributed by atoms with Gasteiger partial charge in [0.25, 0.3) is 5.91 Å². The molecule has 0 aromatic heterocycles. The number of carbonyl (C=O) groups excluding carboxylic acids is 3. The van der Waals surface area contributed by atoms with Gasteiger partial charge in [-0.2, -0.15) is 0 Å². The molecule has 0 bridgehead atoms. The summed E-state index contributed by atoms with van der Waals surface area (Å²) in [5.74, 6) is -1.64. The molecule has 2 aliphatic rings. The van der Waals surface area contributed by atoms with Gasteiger partial charge in [-0.3, -0.25) is 14.5 Å². The van der Waals surface area contributed by atoms with E-state index in [9.17, 15) is 23.2 Å². The van der Waals surface area contributed by atoms with Crippen molar-refractivity contribution in [2.24, 2.45) is 0 Å². The van der Waals surface area contributed by atoms with Crippen molar-refractivity contribution in [1.29, 1.82) is 0 Å². The van der Waals surface area contributed by atoms with Crippen LogP contribution in [0.25, 0.3) is 0 Å². The third-order valence-corrected chi connectivity index (χ3v) is 6.94. The van der Waals surface area contributed by atoms with E-state index in [2.05, 4.69) is 5.32 Å². The van der Waals surface area contributed by atoms with E-state index in [1.54, 1.807) is 24.0 Å². The van der Waals surface area contributed by atoms with Gasteiger partial charge in [0.15, 0.2) is 0 Å². The van der Waals surface area contributed by atoms with Crippen molar-refractivity contribution in [3.63, 3.8) is 0 Å². The van der Waals surface area contributed by atoms with Gasteiger partial charge in [-0.15, -0.1) is 0 Å². The van der Waals surface area contributed by atoms with Crippen LogP contribution in [0.15, 0.2) is 48.5 Å². The monoisotopic (exact) mass is 469 g/mol. The van der Waals surface area contributed by atoms with Gasteiger partial charge in [-0.25, -0.2) is 13.6 Å². The molecule has 34 heavy (non-hydrogen) atoms. The van der Waals surface area contributed by atoms with Crippen molar-refractivity contribution >= 4 is 17.8 Å². The quantitative estimate of drug-likeness (QED) is 0.608. The normalized spacial score (nSPS) is 21.0. The molecule has 0 spiro atoms. The van der Waals surface area contributed by atoms with Crippen LogP contribution in [0.2, 0.25) is 0 Å². The molecule has 6 nitrogen and oxygen atoms in total. The lowest BCUT2D eigenvalue weighted by atomic mass is 9.87. The fraction of sp³-hybridized carbons (Fsp3) is 0.423. The molecule has 2 fully saturated rings. The number of nitrogens with one attached hydrogen (secondary N) is 1. The Morgan fingerprint density at radius 1 is 1.00 bits per heavy atom. The first kappa shape index (κ1) is 23.9. The van der Waals surface area contributed by atoms with Crippen LogP contribution in [0.5, 0.6) is 0 Å². The highest BCUT2D eigenvalue weighted by molar-refractivity contribution is 6.09. The maximum absolute atomic E-state index is 13.5. The highest BCUT2D eigenvalue weighted by atomic mass is 19.1. The third kappa shape index (κ3) is 4.67. The summed E-state index contributed by atoms with van der Waals surface area (Å²) in [7, 11) is 0. The van der Waals surface area contributed by atoms with Crippen LogP contribution < -0.4 is 5.32 Å². The Balaban J connectivity index is 1.56. The minimum Gasteiger partial charge on any atom is -0.334 e. The molecule has 2 aromatic carbocycles. The van der Waals surface area contributed by atoms with Crippen molar-refractivity contribution in [3.8, 4) is 0 Å². The maximum Gasteiger partial charge on any atom is 0.325 e. The molecule has 180 valence electrons. The van der Waals surface area contributed by atoms with Gasteiger partial charge in [0.2, 0.25) is 5.91 Å². The number of amides is 4. The second-order valence-electron chi connectivity index (χ2n) is 9.03. The number of rotatable bonds is 7. The first-order valence-electron chi connectivity index (χ1n) is 11.8. The standard InChI is InChI=1S/C26H29F2N3O3/c1-2-26(19-10-14-21(28)15-11-19)24(33)31(25(34)29-26)17-23(32)30(22-6-4-3-5-7-22)16-18-8-12-20(27)13-9-18/h8-15,22H,2-7,16-17H2,1H3,(H,29,34). The molecule has 4 amide bonds. The smallest absolute Gasteiger partial charge is 0.325 e. The molecule has 1 aliphatic carbocycles. The molecule has 4 rings (SSSR count). The largest absolute Gasteiger partial charge is 0.334 e. The van der Waals surface area contributed by atoms with Gasteiger partial charge >= 0.3 is 6.03 Å². The number of benzene rings is 2. The van der Waals surface area contributed by atoms with Crippen molar-refractivity contribution in [2.45, 2.75) is 63.6 Å². The predicted molar refractivity (Wildman–Crippen MR) is 122 cm³/mol. The Labute approximate surface area is 197 Å². The summed E-state index contributed by atoms with van der Waals surface area (Å²) in [5, 5.41) is 2.74. The summed E-state index contributed by atoms with van der Waals surface area (Å²) in [5.41, 5.74) is -0.0792. The molecular weight excluding hydrogens is 440 g/mol. The van der Waals surface area contributed by atoms with Crippen LogP contribution >= 0.6 is 0 Å². The maximum atomic E-state index is 13.5. The van der Waals surface area contributed by atoms with Crippen molar-refractivity contribution in [2.75, 3.05) is 6.54 Å². The summed E-state index contributed by atoms with van der Waals surface area (Å²) in [6, 6.07) is 10.8. The molecule has 1 saturated heterocycles. The van der Waals surface area contributed by atoms with Crippen molar-refractivity contribution in [1.82, 2.24) is 15.1 Å². The van der Waals surface area contributed by atoms with Gasteiger partial charge in [-0.1, -0.05) is 50.5 Å². The molecule has 0 radical (unpaired) electrons. The minimum atomic E-state index is -1.34. The fourth-order valence-corrected chi connectivity index (χ4v) is 4.97. The lowest BCUT2D eigenvalue weighted by molar-refractivity contribution is -0.141. The molecular formula is C26H29F2N3O3. The van der Waals surface area contributed by atoms with Crippen molar-refractivity contribution < 1.29 is 23.2 Å². The first-order chi connectivity index (χ1) is 16.3. The van der Waals surface area contributed by atoms with E-state index in [4.69, 9.17) is 0 Å². The predicted octanol–water partition coefficient (Wildman–Crippen LogP) is 4.48. The van der Waals surface area contributed by atoms with Gasteiger partial charge in [0, 0.05) is 12.6 Å². The molecule has 1 saturated carbocycles. The van der Waals surface area contributed by atoms with Crippen molar-refractivity contribution in [3.05, 3.63) is 71.3 Å². The lowest BCUT2D eigenvalue weighted by Crippen LogP contribution is -2.48. The Morgan fingerprint density at radius 2 is 1.59 bits per heavy atom. The van der Waals surface area contributed by atoms with E-state index >= 15 is 0 Å². The SMILES string of the molecule is CCC1(c2ccc(F)cc2)NC(=O)N(CC(=O)N(Cc2ccc(F)cc2)C2CCCCC2)C1=O. The second-order valence-corrected chi connectivity index (χ2v) is 9.03. The van der Waals surface area contributed by atoms with Crippen LogP contribution in [0.1, 0.15) is 56.6 Å². The Kier molecular flexibility index (Phi) is 6.95. The van der Waals surface area contributed by atoms with Crippen LogP contribution in [0.4, 0.5) is 13.6 Å². The van der Waals surface area contributed by atoms with Gasteiger partial charge in [0.05, 0.1) is 0 Å². The number of hydrogen-bond acceptors (Lipinski definition) is 3. The Hall–Kier alpha value is -3.29. The van der Waals surface area contributed by atoms with E-state index < -0.39 is 23.3 Å². The van der Waals surface area contributed by atoms with Crippen LogP contribution in [-0.2, 0) is 21.7 Å². The van der Waals surface area contributed by atoms with Crippen LogP contribution in [0, 0.1) is 11.6 Å². The minimum absolute atomic E-state index is 0.0000928. The van der Waals surface area contributed by atoms with Gasteiger partial charge < -0.3 is 10.2 Å². The number of imide groups is 1. The molecule has 2 aromatic rings. The van der Waals surface area contributed by atoms with E-state index in [1.165, 1.54) is 36.4 Å². The van der Waals surface area contributed by atoms with E-state index in [0.717, 1.165) is 42.6 Å². The highest BCUT2D eigenvalue weighted by Crippen LogP contribution is 2.33. The summed E-state index contributed by atoms with van der Waals surface area (Å²) >= 11 is 0. The van der Waals surface area contributed by atoms with E-state index in [1.807, 2.05) is 0 Å². The van der Waals surface area contributed by atoms with Crippen LogP contribution in [-0.4, -0.2) is 40.2 Å². The number of urea groups is 1. The summed E-state index contributed by atoms with van der Waals surface area (Å²) < 4.78 is 26.8. The molecule has 1 heterocycles. The third-order valence-electron chi connectivity index (χ3n) is 6.94. The molecule has 1 unspecified atom stereocenters. The topological polar surface area (TPSA) is 69.7 Å². The molecule has 8 heteroatoms. The number of nitrogens with zero attached hydrogens (tertiary/aromatic N) is 2. The molecule has 1 atom stereocenters. The average Bonchev–Trinajstić information content (AvgIpc) is 3.09. The summed E-state index contributed by atoms with van der Waals surface area (Å²) in [4.78, 5) is 42.4. The average molecular weight is 470 g/mol. The highest BCUT2D eigenvalue weighted by Gasteiger charge is 2.52.